The Bertz CT molecular complexity index is 895. The number of methoxy groups -OCH3 is 3. The van der Waals surface area contributed by atoms with Gasteiger partial charge in [-0.15, -0.1) is 0 Å². The predicted molar refractivity (Wildman–Crippen MR) is 109 cm³/mol. The van der Waals surface area contributed by atoms with Gasteiger partial charge < -0.3 is 19.2 Å². The zero-order chi connectivity index (χ0) is 19.5. The average molecular weight is 381 g/mol. The molecular weight excluding hydrogens is 354 g/mol. The van der Waals surface area contributed by atoms with E-state index in [0.717, 1.165) is 30.8 Å². The second-order valence-electron chi connectivity index (χ2n) is 7.27. The van der Waals surface area contributed by atoms with Gasteiger partial charge in [0.25, 0.3) is 0 Å². The van der Waals surface area contributed by atoms with Crippen molar-refractivity contribution in [3.05, 3.63) is 47.8 Å². The number of benzene rings is 1. The molecule has 3 aromatic rings. The van der Waals surface area contributed by atoms with E-state index in [-0.39, 0.29) is 0 Å². The molecule has 4 rings (SSSR count). The zero-order valence-electron chi connectivity index (χ0n) is 16.7. The molecule has 0 aliphatic carbocycles. The third-order valence-corrected chi connectivity index (χ3v) is 5.49. The lowest BCUT2D eigenvalue weighted by molar-refractivity contribution is 0.198. The SMILES string of the molecule is COc1cc(CN2CCCC(c3cc4cccnc4[nH]3)C2)cc(OC)c1OC. The maximum atomic E-state index is 5.50. The molecule has 3 heterocycles. The van der Waals surface area contributed by atoms with Crippen molar-refractivity contribution in [2.75, 3.05) is 34.4 Å². The molecule has 0 amide bonds. The van der Waals surface area contributed by atoms with Crippen LogP contribution in [-0.4, -0.2) is 49.3 Å². The van der Waals surface area contributed by atoms with Crippen LogP contribution in [0.25, 0.3) is 11.0 Å². The molecule has 0 saturated carbocycles. The minimum Gasteiger partial charge on any atom is -0.493 e. The fraction of sp³-hybridized carbons (Fsp3) is 0.409. The summed E-state index contributed by atoms with van der Waals surface area (Å²) in [4.78, 5) is 10.4. The molecule has 6 heteroatoms. The van der Waals surface area contributed by atoms with Gasteiger partial charge in [-0.2, -0.15) is 0 Å². The lowest BCUT2D eigenvalue weighted by Crippen LogP contribution is -2.34. The van der Waals surface area contributed by atoms with E-state index in [0.29, 0.717) is 23.2 Å². The van der Waals surface area contributed by atoms with Crippen molar-refractivity contribution >= 4 is 11.0 Å². The fourth-order valence-electron chi connectivity index (χ4n) is 4.14. The number of ether oxygens (including phenoxy) is 3. The van der Waals surface area contributed by atoms with Crippen molar-refractivity contribution in [1.29, 1.82) is 0 Å². The van der Waals surface area contributed by atoms with Crippen molar-refractivity contribution < 1.29 is 14.2 Å². The van der Waals surface area contributed by atoms with Gasteiger partial charge in [-0.05, 0) is 55.3 Å². The summed E-state index contributed by atoms with van der Waals surface area (Å²) in [6, 6.07) is 10.4. The average Bonchev–Trinajstić information content (AvgIpc) is 3.17. The summed E-state index contributed by atoms with van der Waals surface area (Å²) in [5.41, 5.74) is 3.41. The minimum absolute atomic E-state index is 0.491. The van der Waals surface area contributed by atoms with E-state index in [9.17, 15) is 0 Å². The van der Waals surface area contributed by atoms with Gasteiger partial charge in [0, 0.05) is 36.3 Å². The molecule has 28 heavy (non-hydrogen) atoms. The van der Waals surface area contributed by atoms with Crippen molar-refractivity contribution in [2.24, 2.45) is 0 Å². The van der Waals surface area contributed by atoms with Gasteiger partial charge in [-0.1, -0.05) is 0 Å². The van der Waals surface area contributed by atoms with E-state index >= 15 is 0 Å². The number of aromatic nitrogens is 2. The molecule has 148 valence electrons. The first kappa shape index (κ1) is 18.6. The monoisotopic (exact) mass is 381 g/mol. The Balaban J connectivity index is 1.52. The molecular formula is C22H27N3O3. The largest absolute Gasteiger partial charge is 0.493 e. The van der Waals surface area contributed by atoms with Gasteiger partial charge in [-0.25, -0.2) is 4.98 Å². The first-order valence-corrected chi connectivity index (χ1v) is 9.66. The third-order valence-electron chi connectivity index (χ3n) is 5.49. The number of aromatic amines is 1. The standard InChI is InChI=1S/C22H27N3O3/c1-26-19-10-15(11-20(27-2)21(19)28-3)13-25-9-5-7-17(14-25)18-12-16-6-4-8-23-22(16)24-18/h4,6,8,10-12,17H,5,7,9,13-14H2,1-3H3,(H,23,24). The van der Waals surface area contributed by atoms with Gasteiger partial charge in [-0.3, -0.25) is 4.90 Å². The normalized spacial score (nSPS) is 17.6. The number of hydrogen-bond acceptors (Lipinski definition) is 5. The van der Waals surface area contributed by atoms with E-state index in [1.165, 1.54) is 23.9 Å². The summed E-state index contributed by atoms with van der Waals surface area (Å²) in [6.07, 6.45) is 4.21. The van der Waals surface area contributed by atoms with Gasteiger partial charge in [0.05, 0.1) is 21.3 Å². The lowest BCUT2D eigenvalue weighted by Gasteiger charge is -2.32. The van der Waals surface area contributed by atoms with Crippen LogP contribution in [0.1, 0.15) is 30.0 Å². The number of likely N-dealkylation sites (tertiary alicyclic amines) is 1. The van der Waals surface area contributed by atoms with Crippen LogP contribution in [-0.2, 0) is 6.54 Å². The highest BCUT2D eigenvalue weighted by Gasteiger charge is 2.24. The molecule has 0 spiro atoms. The quantitative estimate of drug-likeness (QED) is 0.700. The molecule has 1 aliphatic heterocycles. The number of nitrogens with one attached hydrogen (secondary N) is 1. The van der Waals surface area contributed by atoms with E-state index in [2.05, 4.69) is 27.0 Å². The summed E-state index contributed by atoms with van der Waals surface area (Å²) >= 11 is 0. The summed E-state index contributed by atoms with van der Waals surface area (Å²) < 4.78 is 16.4. The number of piperidine rings is 1. The molecule has 1 unspecified atom stereocenters. The Morgan fingerprint density at radius 3 is 2.57 bits per heavy atom. The predicted octanol–water partition coefficient (Wildman–Crippen LogP) is 3.97. The van der Waals surface area contributed by atoms with E-state index in [1.54, 1.807) is 21.3 Å². The number of fused-ring (bicyclic) bond motifs is 1. The first-order valence-electron chi connectivity index (χ1n) is 9.66. The van der Waals surface area contributed by atoms with Gasteiger partial charge in [0.2, 0.25) is 5.75 Å². The topological polar surface area (TPSA) is 59.6 Å². The molecule has 1 saturated heterocycles. The number of pyridine rings is 1. The molecule has 2 aromatic heterocycles. The van der Waals surface area contributed by atoms with Crippen molar-refractivity contribution in [3.8, 4) is 17.2 Å². The Morgan fingerprint density at radius 1 is 1.11 bits per heavy atom. The van der Waals surface area contributed by atoms with Gasteiger partial charge >= 0.3 is 0 Å². The Kier molecular flexibility index (Phi) is 5.39. The van der Waals surface area contributed by atoms with Crippen molar-refractivity contribution in [3.63, 3.8) is 0 Å². The molecule has 0 radical (unpaired) electrons. The zero-order valence-corrected chi connectivity index (χ0v) is 16.7. The van der Waals surface area contributed by atoms with E-state index < -0.39 is 0 Å². The molecule has 1 aliphatic rings. The maximum absolute atomic E-state index is 5.50. The highest BCUT2D eigenvalue weighted by Crippen LogP contribution is 2.39. The van der Waals surface area contributed by atoms with Crippen LogP contribution in [0.5, 0.6) is 17.2 Å². The van der Waals surface area contributed by atoms with Crippen LogP contribution in [0.4, 0.5) is 0 Å². The van der Waals surface area contributed by atoms with Crippen molar-refractivity contribution in [1.82, 2.24) is 14.9 Å². The maximum Gasteiger partial charge on any atom is 0.203 e. The molecule has 0 bridgehead atoms. The van der Waals surface area contributed by atoms with Gasteiger partial charge in [0.15, 0.2) is 11.5 Å². The Labute approximate surface area is 165 Å². The summed E-state index contributed by atoms with van der Waals surface area (Å²) in [5.74, 6) is 2.53. The van der Waals surface area contributed by atoms with Crippen molar-refractivity contribution in [2.45, 2.75) is 25.3 Å². The fourth-order valence-corrected chi connectivity index (χ4v) is 4.14. The molecule has 1 atom stereocenters. The second-order valence-corrected chi connectivity index (χ2v) is 7.27. The molecule has 6 nitrogen and oxygen atoms in total. The molecule has 1 fully saturated rings. The number of rotatable bonds is 6. The van der Waals surface area contributed by atoms with Crippen LogP contribution < -0.4 is 14.2 Å². The Hall–Kier alpha value is -2.73. The van der Waals surface area contributed by atoms with Crippen LogP contribution in [0, 0.1) is 0 Å². The molecule has 1 N–H and O–H groups in total. The van der Waals surface area contributed by atoms with Crippen LogP contribution >= 0.6 is 0 Å². The van der Waals surface area contributed by atoms with E-state index in [4.69, 9.17) is 14.2 Å². The van der Waals surface area contributed by atoms with Crippen LogP contribution in [0.2, 0.25) is 0 Å². The third kappa shape index (κ3) is 3.64. The highest BCUT2D eigenvalue weighted by molar-refractivity contribution is 5.76. The summed E-state index contributed by atoms with van der Waals surface area (Å²) in [6.45, 7) is 2.96. The number of nitrogens with zero attached hydrogens (tertiary/aromatic N) is 2. The summed E-state index contributed by atoms with van der Waals surface area (Å²) in [7, 11) is 4.94. The lowest BCUT2D eigenvalue weighted by atomic mass is 9.94. The van der Waals surface area contributed by atoms with Crippen LogP contribution in [0.3, 0.4) is 0 Å². The minimum atomic E-state index is 0.491. The first-order chi connectivity index (χ1) is 13.7. The number of H-pyrrole nitrogens is 1. The number of hydrogen-bond donors (Lipinski definition) is 1. The van der Waals surface area contributed by atoms with Crippen LogP contribution in [0.15, 0.2) is 36.5 Å². The Morgan fingerprint density at radius 2 is 1.89 bits per heavy atom. The summed E-state index contributed by atoms with van der Waals surface area (Å²) in [5, 5.41) is 1.18. The van der Waals surface area contributed by atoms with E-state index in [1.807, 2.05) is 24.4 Å². The molecule has 1 aromatic carbocycles. The second kappa shape index (κ2) is 8.10. The van der Waals surface area contributed by atoms with Gasteiger partial charge in [0.1, 0.15) is 5.65 Å². The smallest absolute Gasteiger partial charge is 0.203 e. The highest BCUT2D eigenvalue weighted by atomic mass is 16.5.